The largest absolute Gasteiger partial charge is 0.461 e. The molecular weight excluding hydrogens is 433 g/mol. The second kappa shape index (κ2) is 10.2. The quantitative estimate of drug-likeness (QED) is 0.471. The van der Waals surface area contributed by atoms with Crippen molar-refractivity contribution in [3.05, 3.63) is 76.7 Å². The zero-order chi connectivity index (χ0) is 24.2. The third kappa shape index (κ3) is 4.88. The van der Waals surface area contributed by atoms with Gasteiger partial charge >= 0.3 is 5.97 Å². The van der Waals surface area contributed by atoms with Gasteiger partial charge in [0.25, 0.3) is 5.91 Å². The van der Waals surface area contributed by atoms with E-state index in [1.54, 1.807) is 36.9 Å². The van der Waals surface area contributed by atoms with E-state index in [0.29, 0.717) is 37.1 Å². The Bertz CT molecular complexity index is 1180. The maximum atomic E-state index is 13.9. The van der Waals surface area contributed by atoms with Crippen LogP contribution in [0.15, 0.2) is 48.5 Å². The van der Waals surface area contributed by atoms with Gasteiger partial charge in [0.15, 0.2) is 5.69 Å². The number of esters is 1. The van der Waals surface area contributed by atoms with Crippen molar-refractivity contribution in [2.24, 2.45) is 0 Å². The Morgan fingerprint density at radius 3 is 2.38 bits per heavy atom. The topological polar surface area (TPSA) is 64.4 Å². The molecule has 1 aromatic heterocycles. The number of nitrogens with zero attached hydrogens (tertiary/aromatic N) is 3. The van der Waals surface area contributed by atoms with Gasteiger partial charge in [0.2, 0.25) is 0 Å². The first-order valence-electron chi connectivity index (χ1n) is 11.8. The van der Waals surface area contributed by atoms with Crippen LogP contribution in [0.3, 0.4) is 0 Å². The van der Waals surface area contributed by atoms with E-state index in [-0.39, 0.29) is 30.1 Å². The van der Waals surface area contributed by atoms with Crippen LogP contribution in [0.25, 0.3) is 11.3 Å². The molecule has 0 saturated carbocycles. The molecular formula is C27H30FN3O3. The maximum absolute atomic E-state index is 13.9. The summed E-state index contributed by atoms with van der Waals surface area (Å²) >= 11 is 0. The number of amides is 1. The van der Waals surface area contributed by atoms with E-state index in [1.165, 1.54) is 11.6 Å². The second-order valence-corrected chi connectivity index (χ2v) is 8.62. The Hall–Kier alpha value is -3.48. The monoisotopic (exact) mass is 463 g/mol. The number of aryl methyl sites for hydroxylation is 2. The van der Waals surface area contributed by atoms with Gasteiger partial charge in [-0.25, -0.2) is 9.18 Å². The van der Waals surface area contributed by atoms with Gasteiger partial charge < -0.3 is 9.64 Å². The summed E-state index contributed by atoms with van der Waals surface area (Å²) in [6.07, 6.45) is 2.32. The number of rotatable bonds is 6. The number of benzene rings is 2. The molecule has 6 nitrogen and oxygen atoms in total. The minimum absolute atomic E-state index is 0.0304. The normalized spacial score (nSPS) is 14.3. The molecule has 0 unspecified atom stereocenters. The summed E-state index contributed by atoms with van der Waals surface area (Å²) in [5, 5.41) is 4.61. The van der Waals surface area contributed by atoms with E-state index in [0.717, 1.165) is 17.7 Å². The molecule has 1 aliphatic rings. The Morgan fingerprint density at radius 2 is 1.76 bits per heavy atom. The van der Waals surface area contributed by atoms with Crippen molar-refractivity contribution >= 4 is 11.9 Å². The molecule has 178 valence electrons. The molecule has 1 fully saturated rings. The molecule has 7 heteroatoms. The highest BCUT2D eigenvalue weighted by molar-refractivity contribution is 5.94. The van der Waals surface area contributed by atoms with E-state index in [1.807, 2.05) is 16.8 Å². The molecule has 4 rings (SSSR count). The third-order valence-corrected chi connectivity index (χ3v) is 6.39. The predicted molar refractivity (Wildman–Crippen MR) is 128 cm³/mol. The lowest BCUT2D eigenvalue weighted by Crippen LogP contribution is -2.39. The molecule has 3 aromatic rings. The Balaban J connectivity index is 1.55. The fourth-order valence-electron chi connectivity index (χ4n) is 4.33. The molecule has 1 aliphatic heterocycles. The van der Waals surface area contributed by atoms with Gasteiger partial charge in [-0.15, -0.1) is 0 Å². The summed E-state index contributed by atoms with van der Waals surface area (Å²) in [4.78, 5) is 27.0. The minimum Gasteiger partial charge on any atom is -0.461 e. The number of carbonyl (C=O) groups is 2. The molecule has 2 aromatic carbocycles. The molecule has 1 amide bonds. The van der Waals surface area contributed by atoms with Crippen LogP contribution in [0, 0.1) is 12.7 Å². The first-order valence-corrected chi connectivity index (χ1v) is 11.8. The number of piperidine rings is 1. The lowest BCUT2D eigenvalue weighted by molar-refractivity contribution is 0.0517. The van der Waals surface area contributed by atoms with Crippen LogP contribution in [0.2, 0.25) is 0 Å². The summed E-state index contributed by atoms with van der Waals surface area (Å²) in [5.41, 5.74) is 4.24. The van der Waals surface area contributed by atoms with Crippen LogP contribution < -0.4 is 0 Å². The van der Waals surface area contributed by atoms with Crippen LogP contribution in [0.1, 0.15) is 64.7 Å². The smallest absolute Gasteiger partial charge is 0.358 e. The summed E-state index contributed by atoms with van der Waals surface area (Å²) in [5.74, 6) is -0.982. The highest BCUT2D eigenvalue weighted by Gasteiger charge is 2.28. The Kier molecular flexibility index (Phi) is 7.10. The maximum Gasteiger partial charge on any atom is 0.358 e. The molecule has 0 atom stereocenters. The van der Waals surface area contributed by atoms with Crippen molar-refractivity contribution in [2.75, 3.05) is 19.7 Å². The summed E-state index contributed by atoms with van der Waals surface area (Å²) in [7, 11) is 0. The average Bonchev–Trinajstić information content (AvgIpc) is 3.31. The summed E-state index contributed by atoms with van der Waals surface area (Å²) in [6, 6.07) is 14.7. The third-order valence-electron chi connectivity index (χ3n) is 6.39. The number of hydrogen-bond donors (Lipinski definition) is 0. The number of halogens is 1. The van der Waals surface area contributed by atoms with Crippen molar-refractivity contribution in [3.8, 4) is 11.3 Å². The van der Waals surface area contributed by atoms with Gasteiger partial charge in [-0.3, -0.25) is 9.48 Å². The van der Waals surface area contributed by atoms with Gasteiger partial charge in [0.1, 0.15) is 5.82 Å². The molecule has 0 N–H and O–H groups in total. The molecule has 2 heterocycles. The first kappa shape index (κ1) is 23.7. The molecule has 0 aliphatic carbocycles. The van der Waals surface area contributed by atoms with E-state index in [9.17, 15) is 14.0 Å². The predicted octanol–water partition coefficient (Wildman–Crippen LogP) is 5.21. The minimum atomic E-state index is -0.443. The van der Waals surface area contributed by atoms with E-state index >= 15 is 0 Å². The van der Waals surface area contributed by atoms with Crippen molar-refractivity contribution in [3.63, 3.8) is 0 Å². The van der Waals surface area contributed by atoms with Crippen LogP contribution in [-0.2, 0) is 11.2 Å². The van der Waals surface area contributed by atoms with Crippen LogP contribution in [-0.4, -0.2) is 46.3 Å². The van der Waals surface area contributed by atoms with Gasteiger partial charge in [-0.05, 0) is 68.0 Å². The van der Waals surface area contributed by atoms with E-state index < -0.39 is 5.97 Å². The van der Waals surface area contributed by atoms with Gasteiger partial charge in [-0.1, -0.05) is 37.3 Å². The number of carbonyl (C=O) groups excluding carboxylic acids is 2. The number of aromatic nitrogens is 2. The molecule has 34 heavy (non-hydrogen) atoms. The highest BCUT2D eigenvalue weighted by Crippen LogP contribution is 2.30. The Labute approximate surface area is 199 Å². The van der Waals surface area contributed by atoms with Crippen LogP contribution in [0.4, 0.5) is 4.39 Å². The molecule has 0 spiro atoms. The van der Waals surface area contributed by atoms with E-state index in [2.05, 4.69) is 24.2 Å². The molecule has 0 bridgehead atoms. The first-order chi connectivity index (χ1) is 16.4. The van der Waals surface area contributed by atoms with Crippen LogP contribution >= 0.6 is 0 Å². The van der Waals surface area contributed by atoms with Crippen molar-refractivity contribution in [2.45, 2.75) is 46.1 Å². The number of ether oxygens (including phenoxy) is 1. The SMILES string of the molecule is CCOC(=O)c1cc(-c2ccc(CC)cc2)n(C2CCN(C(=O)c3ccc(C)c(F)c3)CC2)n1. The van der Waals surface area contributed by atoms with Crippen molar-refractivity contribution in [1.82, 2.24) is 14.7 Å². The van der Waals surface area contributed by atoms with Gasteiger partial charge in [0, 0.05) is 18.7 Å². The lowest BCUT2D eigenvalue weighted by atomic mass is 10.0. The number of hydrogen-bond acceptors (Lipinski definition) is 4. The second-order valence-electron chi connectivity index (χ2n) is 8.62. The number of likely N-dealkylation sites (tertiary alicyclic amines) is 1. The average molecular weight is 464 g/mol. The zero-order valence-electron chi connectivity index (χ0n) is 19.9. The molecule has 1 saturated heterocycles. The summed E-state index contributed by atoms with van der Waals surface area (Å²) < 4.78 is 21.0. The van der Waals surface area contributed by atoms with Crippen molar-refractivity contribution in [1.29, 1.82) is 0 Å². The van der Waals surface area contributed by atoms with Gasteiger partial charge in [-0.2, -0.15) is 5.10 Å². The fourth-order valence-corrected chi connectivity index (χ4v) is 4.33. The standard InChI is InChI=1S/C27H30FN3O3/c1-4-19-7-10-20(11-8-19)25-17-24(27(33)34-5-2)29-31(25)22-12-14-30(15-13-22)26(32)21-9-6-18(3)23(28)16-21/h6-11,16-17,22H,4-5,12-15H2,1-3H3. The lowest BCUT2D eigenvalue weighted by Gasteiger charge is -2.33. The van der Waals surface area contributed by atoms with Crippen molar-refractivity contribution < 1.29 is 18.7 Å². The highest BCUT2D eigenvalue weighted by atomic mass is 19.1. The molecule has 0 radical (unpaired) electrons. The zero-order valence-corrected chi connectivity index (χ0v) is 19.9. The van der Waals surface area contributed by atoms with Crippen LogP contribution in [0.5, 0.6) is 0 Å². The summed E-state index contributed by atoms with van der Waals surface area (Å²) in [6.45, 7) is 6.90. The Morgan fingerprint density at radius 1 is 1.06 bits per heavy atom. The van der Waals surface area contributed by atoms with E-state index in [4.69, 9.17) is 4.74 Å². The van der Waals surface area contributed by atoms with Gasteiger partial charge in [0.05, 0.1) is 18.3 Å². The fraction of sp³-hybridized carbons (Fsp3) is 0.370.